The standard InChI is InChI=1S/C20H22F2N2O2/c1-20(2)17-14(22)8-5-9-15(17)24(19(20)26)18(16(25)11-23-3)12-6-4-7-13(21)10-12/h4-10,16,18,23,25H,11H2,1-3H3. The van der Waals surface area contributed by atoms with Crippen LogP contribution in [-0.2, 0) is 10.2 Å². The Bertz CT molecular complexity index is 838. The van der Waals surface area contributed by atoms with Crippen LogP contribution in [0.3, 0.4) is 0 Å². The number of aliphatic hydroxyl groups excluding tert-OH is 1. The molecular formula is C20H22F2N2O2. The summed E-state index contributed by atoms with van der Waals surface area (Å²) < 4.78 is 28.3. The molecule has 0 radical (unpaired) electrons. The lowest BCUT2D eigenvalue weighted by Crippen LogP contribution is -2.45. The number of nitrogens with one attached hydrogen (secondary N) is 1. The Kier molecular flexibility index (Phi) is 4.82. The van der Waals surface area contributed by atoms with Crippen LogP contribution in [0.15, 0.2) is 42.5 Å². The van der Waals surface area contributed by atoms with Gasteiger partial charge in [-0.1, -0.05) is 18.2 Å². The maximum atomic E-state index is 14.5. The molecule has 6 heteroatoms. The molecule has 2 aromatic rings. The van der Waals surface area contributed by atoms with Crippen molar-refractivity contribution in [1.29, 1.82) is 0 Å². The molecule has 1 amide bonds. The molecule has 2 N–H and O–H groups in total. The number of anilines is 1. The Hall–Kier alpha value is -2.31. The summed E-state index contributed by atoms with van der Waals surface area (Å²) in [6, 6.07) is 9.44. The number of rotatable bonds is 5. The molecule has 1 heterocycles. The third kappa shape index (κ3) is 2.89. The summed E-state index contributed by atoms with van der Waals surface area (Å²) in [6.45, 7) is 3.50. The molecule has 3 rings (SSSR count). The van der Waals surface area contributed by atoms with Crippen LogP contribution < -0.4 is 10.2 Å². The third-order valence-corrected chi connectivity index (χ3v) is 4.88. The predicted octanol–water partition coefficient (Wildman–Crippen LogP) is 2.91. The molecule has 0 spiro atoms. The lowest BCUT2D eigenvalue weighted by atomic mass is 9.86. The molecular weight excluding hydrogens is 338 g/mol. The molecule has 0 aliphatic carbocycles. The van der Waals surface area contributed by atoms with Gasteiger partial charge in [-0.15, -0.1) is 0 Å². The Morgan fingerprint density at radius 1 is 1.19 bits per heavy atom. The fourth-order valence-corrected chi connectivity index (χ4v) is 3.68. The van der Waals surface area contributed by atoms with Crippen molar-refractivity contribution >= 4 is 11.6 Å². The first-order chi connectivity index (χ1) is 12.3. The Balaban J connectivity index is 2.19. The average Bonchev–Trinajstić information content (AvgIpc) is 2.77. The molecule has 138 valence electrons. The number of fused-ring (bicyclic) bond motifs is 1. The number of carbonyl (C=O) groups is 1. The van der Waals surface area contributed by atoms with E-state index in [-0.39, 0.29) is 12.5 Å². The average molecular weight is 360 g/mol. The monoisotopic (exact) mass is 360 g/mol. The molecule has 1 aliphatic heterocycles. The summed E-state index contributed by atoms with van der Waals surface area (Å²) in [5.41, 5.74) is 0.0764. The molecule has 0 aromatic heterocycles. The number of amides is 1. The van der Waals surface area contributed by atoms with Gasteiger partial charge in [0, 0.05) is 12.1 Å². The van der Waals surface area contributed by atoms with Gasteiger partial charge in [-0.25, -0.2) is 8.78 Å². The van der Waals surface area contributed by atoms with Crippen molar-refractivity contribution in [1.82, 2.24) is 5.32 Å². The van der Waals surface area contributed by atoms with Gasteiger partial charge in [0.1, 0.15) is 11.6 Å². The minimum Gasteiger partial charge on any atom is -0.389 e. The summed E-state index contributed by atoms with van der Waals surface area (Å²) in [5, 5.41) is 13.6. The van der Waals surface area contributed by atoms with Gasteiger partial charge in [0.25, 0.3) is 0 Å². The summed E-state index contributed by atoms with van der Waals surface area (Å²) in [6.07, 6.45) is -1.00. The molecule has 2 atom stereocenters. The van der Waals surface area contributed by atoms with Crippen LogP contribution in [0, 0.1) is 11.6 Å². The minimum absolute atomic E-state index is 0.191. The summed E-state index contributed by atoms with van der Waals surface area (Å²) >= 11 is 0. The van der Waals surface area contributed by atoms with Crippen LogP contribution in [0.1, 0.15) is 31.0 Å². The van der Waals surface area contributed by atoms with E-state index in [0.717, 1.165) is 0 Å². The number of benzene rings is 2. The molecule has 4 nitrogen and oxygen atoms in total. The van der Waals surface area contributed by atoms with Gasteiger partial charge in [0.05, 0.1) is 23.2 Å². The van der Waals surface area contributed by atoms with Crippen molar-refractivity contribution in [2.45, 2.75) is 31.4 Å². The zero-order chi connectivity index (χ0) is 19.1. The van der Waals surface area contributed by atoms with Crippen molar-refractivity contribution in [2.24, 2.45) is 0 Å². The summed E-state index contributed by atoms with van der Waals surface area (Å²) in [7, 11) is 1.68. The normalized spacial score (nSPS) is 17.9. The highest BCUT2D eigenvalue weighted by atomic mass is 19.1. The second-order valence-corrected chi connectivity index (χ2v) is 7.06. The van der Waals surface area contributed by atoms with Crippen LogP contribution in [0.5, 0.6) is 0 Å². The molecule has 2 unspecified atom stereocenters. The molecule has 0 fully saturated rings. The van der Waals surface area contributed by atoms with Crippen LogP contribution >= 0.6 is 0 Å². The van der Waals surface area contributed by atoms with Gasteiger partial charge in [-0.3, -0.25) is 4.79 Å². The van der Waals surface area contributed by atoms with Gasteiger partial charge in [0.15, 0.2) is 0 Å². The van der Waals surface area contributed by atoms with E-state index in [1.807, 2.05) is 0 Å². The van der Waals surface area contributed by atoms with E-state index in [1.54, 1.807) is 33.0 Å². The van der Waals surface area contributed by atoms with E-state index in [1.165, 1.54) is 35.2 Å². The lowest BCUT2D eigenvalue weighted by molar-refractivity contribution is -0.123. The number of nitrogens with zero attached hydrogens (tertiary/aromatic N) is 1. The topological polar surface area (TPSA) is 52.6 Å². The van der Waals surface area contributed by atoms with E-state index in [4.69, 9.17) is 0 Å². The van der Waals surface area contributed by atoms with Crippen molar-refractivity contribution in [2.75, 3.05) is 18.5 Å². The molecule has 2 aromatic carbocycles. The van der Waals surface area contributed by atoms with Gasteiger partial charge in [-0.2, -0.15) is 0 Å². The van der Waals surface area contributed by atoms with Crippen LogP contribution in [0.25, 0.3) is 0 Å². The number of likely N-dealkylation sites (N-methyl/N-ethyl adjacent to an activating group) is 1. The SMILES string of the molecule is CNCC(O)C(c1cccc(F)c1)N1C(=O)C(C)(C)c2c(F)cccc21. The first kappa shape index (κ1) is 18.5. The van der Waals surface area contributed by atoms with E-state index in [2.05, 4.69) is 5.32 Å². The zero-order valence-electron chi connectivity index (χ0n) is 15.0. The number of hydrogen-bond acceptors (Lipinski definition) is 3. The minimum atomic E-state index is -1.08. The Labute approximate surface area is 151 Å². The highest BCUT2D eigenvalue weighted by molar-refractivity contribution is 6.08. The van der Waals surface area contributed by atoms with Gasteiger partial charge in [-0.05, 0) is 50.7 Å². The van der Waals surface area contributed by atoms with E-state index >= 15 is 0 Å². The van der Waals surface area contributed by atoms with Crippen LogP contribution in [0.2, 0.25) is 0 Å². The smallest absolute Gasteiger partial charge is 0.237 e. The number of hydrogen-bond donors (Lipinski definition) is 2. The Morgan fingerprint density at radius 3 is 2.54 bits per heavy atom. The maximum Gasteiger partial charge on any atom is 0.237 e. The molecule has 26 heavy (non-hydrogen) atoms. The van der Waals surface area contributed by atoms with Crippen molar-refractivity contribution in [3.05, 3.63) is 65.2 Å². The largest absolute Gasteiger partial charge is 0.389 e. The summed E-state index contributed by atoms with van der Waals surface area (Å²) in [5.74, 6) is -1.26. The van der Waals surface area contributed by atoms with Crippen LogP contribution in [-0.4, -0.2) is 30.7 Å². The van der Waals surface area contributed by atoms with Crippen LogP contribution in [0.4, 0.5) is 14.5 Å². The highest BCUT2D eigenvalue weighted by Gasteiger charge is 2.49. The molecule has 0 saturated heterocycles. The predicted molar refractivity (Wildman–Crippen MR) is 96.0 cm³/mol. The van der Waals surface area contributed by atoms with E-state index in [9.17, 15) is 18.7 Å². The number of carbonyl (C=O) groups excluding carboxylic acids is 1. The fourth-order valence-electron chi connectivity index (χ4n) is 3.68. The van der Waals surface area contributed by atoms with Gasteiger partial charge >= 0.3 is 0 Å². The van der Waals surface area contributed by atoms with Gasteiger partial charge in [0.2, 0.25) is 5.91 Å². The second-order valence-electron chi connectivity index (χ2n) is 7.06. The Morgan fingerprint density at radius 2 is 1.88 bits per heavy atom. The quantitative estimate of drug-likeness (QED) is 0.862. The highest BCUT2D eigenvalue weighted by Crippen LogP contribution is 2.47. The first-order valence-electron chi connectivity index (χ1n) is 8.49. The second kappa shape index (κ2) is 6.78. The molecule has 0 saturated carbocycles. The third-order valence-electron chi connectivity index (χ3n) is 4.88. The van der Waals surface area contributed by atoms with E-state index < -0.39 is 29.2 Å². The number of aliphatic hydroxyl groups is 1. The molecule has 1 aliphatic rings. The van der Waals surface area contributed by atoms with Crippen molar-refractivity contribution in [3.8, 4) is 0 Å². The van der Waals surface area contributed by atoms with Gasteiger partial charge < -0.3 is 15.3 Å². The van der Waals surface area contributed by atoms with Crippen molar-refractivity contribution < 1.29 is 18.7 Å². The molecule has 0 bridgehead atoms. The summed E-state index contributed by atoms with van der Waals surface area (Å²) in [4.78, 5) is 14.6. The lowest BCUT2D eigenvalue weighted by Gasteiger charge is -2.33. The maximum absolute atomic E-state index is 14.5. The van der Waals surface area contributed by atoms with E-state index in [0.29, 0.717) is 16.8 Å². The first-order valence-corrected chi connectivity index (χ1v) is 8.49. The fraction of sp³-hybridized carbons (Fsp3) is 0.350. The van der Waals surface area contributed by atoms with Crippen molar-refractivity contribution in [3.63, 3.8) is 0 Å². The zero-order valence-corrected chi connectivity index (χ0v) is 15.0. The number of halogens is 2.